The van der Waals surface area contributed by atoms with Crippen molar-refractivity contribution in [3.05, 3.63) is 64.3 Å². The van der Waals surface area contributed by atoms with Crippen LogP contribution >= 0.6 is 0 Å². The summed E-state index contributed by atoms with van der Waals surface area (Å²) >= 11 is 0. The number of hydrogen-bond acceptors (Lipinski definition) is 7. The zero-order valence-electron chi connectivity index (χ0n) is 17.3. The van der Waals surface area contributed by atoms with E-state index < -0.39 is 29.1 Å². The quantitative estimate of drug-likeness (QED) is 0.587. The first-order chi connectivity index (χ1) is 14.7. The lowest BCUT2D eigenvalue weighted by molar-refractivity contribution is -0.158. The number of rotatable bonds is 2. The summed E-state index contributed by atoms with van der Waals surface area (Å²) in [6.07, 6.45) is -0.956. The van der Waals surface area contributed by atoms with Gasteiger partial charge in [-0.3, -0.25) is 14.4 Å². The van der Waals surface area contributed by atoms with Crippen LogP contribution in [-0.2, 0) is 24.5 Å². The van der Waals surface area contributed by atoms with Crippen LogP contribution in [0, 0.1) is 0 Å². The molecule has 2 atom stereocenters. The summed E-state index contributed by atoms with van der Waals surface area (Å²) in [5.74, 6) is -0.366. The third-order valence-electron chi connectivity index (χ3n) is 5.90. The Morgan fingerprint density at radius 3 is 2.55 bits per heavy atom. The number of cyclic esters (lactones) is 1. The van der Waals surface area contributed by atoms with E-state index >= 15 is 0 Å². The molecule has 2 aliphatic rings. The van der Waals surface area contributed by atoms with E-state index in [-0.39, 0.29) is 17.6 Å². The lowest BCUT2D eigenvalue weighted by Crippen LogP contribution is -2.50. The molecule has 158 valence electrons. The van der Waals surface area contributed by atoms with E-state index in [1.54, 1.807) is 26.0 Å². The molecule has 0 aliphatic carbocycles. The van der Waals surface area contributed by atoms with Crippen molar-refractivity contribution >= 4 is 22.9 Å². The molecule has 7 heteroatoms. The van der Waals surface area contributed by atoms with Gasteiger partial charge in [-0.2, -0.15) is 0 Å². The number of benzene rings is 2. The SMILES string of the molecule is CC(=O)O[C@H]1C(C)(C)OC(=O)[C@]12COc1ccc3c(=O)cc(-c4ccccc4)oc3c12. The van der Waals surface area contributed by atoms with Gasteiger partial charge in [-0.15, -0.1) is 0 Å². The third kappa shape index (κ3) is 2.69. The molecular weight excluding hydrogens is 400 g/mol. The fourth-order valence-corrected chi connectivity index (χ4v) is 4.61. The molecule has 0 radical (unpaired) electrons. The van der Waals surface area contributed by atoms with Crippen molar-refractivity contribution in [3.63, 3.8) is 0 Å². The van der Waals surface area contributed by atoms with E-state index in [4.69, 9.17) is 18.6 Å². The molecule has 0 N–H and O–H groups in total. The van der Waals surface area contributed by atoms with Gasteiger partial charge >= 0.3 is 11.9 Å². The van der Waals surface area contributed by atoms with Crippen molar-refractivity contribution in [1.82, 2.24) is 0 Å². The minimum atomic E-state index is -1.44. The third-order valence-corrected chi connectivity index (χ3v) is 5.90. The fraction of sp³-hybridized carbons (Fsp3) is 0.292. The van der Waals surface area contributed by atoms with Gasteiger partial charge in [0.05, 0.1) is 10.9 Å². The first-order valence-corrected chi connectivity index (χ1v) is 9.94. The number of fused-ring (bicyclic) bond motifs is 4. The second kappa shape index (κ2) is 6.44. The molecule has 0 amide bonds. The normalized spacial score (nSPS) is 23.5. The van der Waals surface area contributed by atoms with Crippen LogP contribution in [0.4, 0.5) is 0 Å². The highest BCUT2D eigenvalue weighted by atomic mass is 16.6. The van der Waals surface area contributed by atoms with Crippen LogP contribution in [0.5, 0.6) is 5.75 Å². The van der Waals surface area contributed by atoms with Gasteiger partial charge in [-0.25, -0.2) is 0 Å². The smallest absolute Gasteiger partial charge is 0.325 e. The topological polar surface area (TPSA) is 92.0 Å². The molecule has 1 saturated heterocycles. The maximum absolute atomic E-state index is 13.2. The van der Waals surface area contributed by atoms with Crippen LogP contribution in [0.1, 0.15) is 26.3 Å². The van der Waals surface area contributed by atoms with E-state index in [2.05, 4.69) is 0 Å². The fourth-order valence-electron chi connectivity index (χ4n) is 4.61. The molecular formula is C24H20O7. The number of esters is 2. The zero-order valence-corrected chi connectivity index (χ0v) is 17.3. The highest BCUT2D eigenvalue weighted by Crippen LogP contribution is 2.53. The number of hydrogen-bond donors (Lipinski definition) is 0. The molecule has 1 aromatic heterocycles. The summed E-state index contributed by atoms with van der Waals surface area (Å²) in [5.41, 5.74) is -1.45. The minimum absolute atomic E-state index is 0.0824. The second-order valence-electron chi connectivity index (χ2n) is 8.40. The predicted molar refractivity (Wildman–Crippen MR) is 111 cm³/mol. The van der Waals surface area contributed by atoms with Gasteiger partial charge in [-0.05, 0) is 26.0 Å². The van der Waals surface area contributed by atoms with Crippen LogP contribution in [0.2, 0.25) is 0 Å². The van der Waals surface area contributed by atoms with Gasteiger partial charge in [0.1, 0.15) is 29.3 Å². The van der Waals surface area contributed by atoms with Crippen molar-refractivity contribution < 1.29 is 28.2 Å². The molecule has 0 bridgehead atoms. The van der Waals surface area contributed by atoms with Crippen molar-refractivity contribution in [3.8, 4) is 17.1 Å². The Hall–Kier alpha value is -3.61. The molecule has 3 aromatic rings. The van der Waals surface area contributed by atoms with Crippen molar-refractivity contribution in [2.75, 3.05) is 6.61 Å². The van der Waals surface area contributed by atoms with E-state index in [1.165, 1.54) is 13.0 Å². The van der Waals surface area contributed by atoms with Crippen LogP contribution in [0.25, 0.3) is 22.3 Å². The summed E-state index contributed by atoms with van der Waals surface area (Å²) in [4.78, 5) is 38.1. The lowest BCUT2D eigenvalue weighted by Gasteiger charge is -2.30. The Bertz CT molecular complexity index is 1290. The van der Waals surface area contributed by atoms with Gasteiger partial charge in [0.15, 0.2) is 16.9 Å². The lowest BCUT2D eigenvalue weighted by atomic mass is 9.73. The second-order valence-corrected chi connectivity index (χ2v) is 8.40. The molecule has 5 rings (SSSR count). The molecule has 31 heavy (non-hydrogen) atoms. The first kappa shape index (κ1) is 19.4. The summed E-state index contributed by atoms with van der Waals surface area (Å²) in [6.45, 7) is 4.56. The molecule has 1 spiro atoms. The van der Waals surface area contributed by atoms with Gasteiger partial charge in [0.2, 0.25) is 0 Å². The highest BCUT2D eigenvalue weighted by Gasteiger charge is 2.68. The molecule has 1 fully saturated rings. The standard InChI is InChI=1S/C24H20O7/c1-13(25)29-21-23(2,3)31-22(27)24(21)12-28-17-10-9-15-16(26)11-18(30-20(15)19(17)24)14-7-5-4-6-8-14/h4-11,21H,12H2,1-3H3/t21-,24-/m0/s1. The molecule has 2 aromatic carbocycles. The number of carbonyl (C=O) groups is 2. The van der Waals surface area contributed by atoms with Crippen molar-refractivity contribution in [2.24, 2.45) is 0 Å². The average Bonchev–Trinajstić information content (AvgIpc) is 3.20. The summed E-state index contributed by atoms with van der Waals surface area (Å²) in [6, 6.07) is 13.9. The van der Waals surface area contributed by atoms with Crippen LogP contribution in [-0.4, -0.2) is 30.3 Å². The van der Waals surface area contributed by atoms with Crippen LogP contribution in [0.15, 0.2) is 57.7 Å². The summed E-state index contributed by atoms with van der Waals surface area (Å²) in [7, 11) is 0. The predicted octanol–water partition coefficient (Wildman–Crippen LogP) is 3.36. The molecule has 0 unspecified atom stereocenters. The monoisotopic (exact) mass is 420 g/mol. The molecule has 2 aliphatic heterocycles. The minimum Gasteiger partial charge on any atom is -0.491 e. The largest absolute Gasteiger partial charge is 0.491 e. The Balaban J connectivity index is 1.82. The highest BCUT2D eigenvalue weighted by molar-refractivity contribution is 5.97. The van der Waals surface area contributed by atoms with Gasteiger partial charge in [0.25, 0.3) is 0 Å². The number of carbonyl (C=O) groups excluding carboxylic acids is 2. The Morgan fingerprint density at radius 1 is 1.10 bits per heavy atom. The van der Waals surface area contributed by atoms with Gasteiger partial charge in [0, 0.05) is 18.6 Å². The Kier molecular flexibility index (Phi) is 4.02. The van der Waals surface area contributed by atoms with E-state index in [9.17, 15) is 14.4 Å². The first-order valence-electron chi connectivity index (χ1n) is 9.94. The van der Waals surface area contributed by atoms with Crippen molar-refractivity contribution in [1.29, 1.82) is 0 Å². The van der Waals surface area contributed by atoms with E-state index in [0.29, 0.717) is 22.5 Å². The van der Waals surface area contributed by atoms with Crippen molar-refractivity contribution in [2.45, 2.75) is 37.9 Å². The molecule has 0 saturated carbocycles. The number of ether oxygens (including phenoxy) is 3. The molecule has 7 nitrogen and oxygen atoms in total. The maximum Gasteiger partial charge on any atom is 0.325 e. The average molecular weight is 420 g/mol. The van der Waals surface area contributed by atoms with Gasteiger partial charge in [-0.1, -0.05) is 30.3 Å². The van der Waals surface area contributed by atoms with Crippen LogP contribution < -0.4 is 10.2 Å². The van der Waals surface area contributed by atoms with E-state index in [1.807, 2.05) is 30.3 Å². The van der Waals surface area contributed by atoms with Crippen LogP contribution in [0.3, 0.4) is 0 Å². The van der Waals surface area contributed by atoms with Gasteiger partial charge < -0.3 is 18.6 Å². The summed E-state index contributed by atoms with van der Waals surface area (Å²) < 4.78 is 23.3. The Morgan fingerprint density at radius 2 is 1.84 bits per heavy atom. The molecule has 3 heterocycles. The zero-order chi connectivity index (χ0) is 22.0. The van der Waals surface area contributed by atoms with E-state index in [0.717, 1.165) is 5.56 Å². The maximum atomic E-state index is 13.2. The Labute approximate surface area is 177 Å². The summed E-state index contributed by atoms with van der Waals surface area (Å²) in [5, 5.41) is 0.308.